The maximum atomic E-state index is 12.1. The highest BCUT2D eigenvalue weighted by Crippen LogP contribution is 2.18. The lowest BCUT2D eigenvalue weighted by Gasteiger charge is -2.11. The van der Waals surface area contributed by atoms with E-state index in [9.17, 15) is 4.79 Å². The lowest BCUT2D eigenvalue weighted by Crippen LogP contribution is -2.17. The lowest BCUT2D eigenvalue weighted by molar-refractivity contribution is 0.747. The number of hydrogen-bond acceptors (Lipinski definition) is 3. The summed E-state index contributed by atoms with van der Waals surface area (Å²) in [7, 11) is 1.85. The van der Waals surface area contributed by atoms with E-state index in [1.54, 1.807) is 11.6 Å². The first-order valence-electron chi connectivity index (χ1n) is 5.25. The van der Waals surface area contributed by atoms with Crippen LogP contribution in [0.3, 0.4) is 0 Å². The molecule has 0 aromatic carbocycles. The van der Waals surface area contributed by atoms with Gasteiger partial charge in [0.1, 0.15) is 5.69 Å². The van der Waals surface area contributed by atoms with Crippen LogP contribution in [0.2, 0.25) is 0 Å². The van der Waals surface area contributed by atoms with Gasteiger partial charge in [0.25, 0.3) is 0 Å². The first-order chi connectivity index (χ1) is 7.43. The van der Waals surface area contributed by atoms with Crippen molar-refractivity contribution < 1.29 is 0 Å². The van der Waals surface area contributed by atoms with Gasteiger partial charge in [-0.25, -0.2) is 0 Å². The summed E-state index contributed by atoms with van der Waals surface area (Å²) < 4.78 is 1.74. The van der Waals surface area contributed by atoms with E-state index < -0.39 is 0 Å². The number of rotatable bonds is 0. The average Bonchev–Trinajstić information content (AvgIpc) is 2.20. The van der Waals surface area contributed by atoms with Crippen LogP contribution in [-0.4, -0.2) is 14.8 Å². The first-order valence-corrected chi connectivity index (χ1v) is 5.25. The Labute approximate surface area is 93.9 Å². The van der Waals surface area contributed by atoms with Gasteiger partial charge in [-0.15, -0.1) is 0 Å². The van der Waals surface area contributed by atoms with Gasteiger partial charge < -0.3 is 0 Å². The molecule has 2 aromatic rings. The van der Waals surface area contributed by atoms with Crippen LogP contribution in [0.1, 0.15) is 22.6 Å². The molecule has 0 unspecified atom stereocenters. The molecule has 0 spiro atoms. The molecule has 16 heavy (non-hydrogen) atoms. The second kappa shape index (κ2) is 3.40. The van der Waals surface area contributed by atoms with E-state index in [-0.39, 0.29) is 5.43 Å². The first kappa shape index (κ1) is 10.8. The summed E-state index contributed by atoms with van der Waals surface area (Å²) in [5.74, 6) is 0. The second-order valence-corrected chi connectivity index (χ2v) is 4.17. The van der Waals surface area contributed by atoms with Crippen molar-refractivity contribution in [1.82, 2.24) is 14.8 Å². The van der Waals surface area contributed by atoms with Crippen LogP contribution >= 0.6 is 0 Å². The van der Waals surface area contributed by atoms with E-state index in [1.165, 1.54) is 0 Å². The number of fused-ring (bicyclic) bond motifs is 1. The van der Waals surface area contributed by atoms with Crippen molar-refractivity contribution in [2.24, 2.45) is 7.05 Å². The monoisotopic (exact) mass is 217 g/mol. The Balaban J connectivity index is 3.18. The molecule has 0 bridgehead atoms. The van der Waals surface area contributed by atoms with Gasteiger partial charge >= 0.3 is 0 Å². The molecule has 2 heterocycles. The fourth-order valence-corrected chi connectivity index (χ4v) is 2.10. The Morgan fingerprint density at radius 2 is 1.62 bits per heavy atom. The highest BCUT2D eigenvalue weighted by molar-refractivity contribution is 5.84. The summed E-state index contributed by atoms with van der Waals surface area (Å²) in [6.07, 6.45) is 0. The van der Waals surface area contributed by atoms with E-state index in [2.05, 4.69) is 10.1 Å². The van der Waals surface area contributed by atoms with Crippen molar-refractivity contribution >= 4 is 10.9 Å². The van der Waals surface area contributed by atoms with E-state index in [0.717, 1.165) is 27.9 Å². The Morgan fingerprint density at radius 1 is 1.00 bits per heavy atom. The van der Waals surface area contributed by atoms with E-state index >= 15 is 0 Å². The smallest absolute Gasteiger partial charge is 0.211 e. The van der Waals surface area contributed by atoms with Crippen LogP contribution < -0.4 is 5.43 Å². The van der Waals surface area contributed by atoms with Gasteiger partial charge in [-0.2, -0.15) is 5.10 Å². The predicted octanol–water partition coefficient (Wildman–Crippen LogP) is 1.56. The van der Waals surface area contributed by atoms with Gasteiger partial charge in [-0.1, -0.05) is 0 Å². The summed E-state index contributed by atoms with van der Waals surface area (Å²) >= 11 is 0. The Hall–Kier alpha value is -1.71. The number of aryl methyl sites for hydroxylation is 5. The predicted molar refractivity (Wildman–Crippen MR) is 63.7 cm³/mol. The molecule has 0 aliphatic carbocycles. The van der Waals surface area contributed by atoms with Gasteiger partial charge in [-0.3, -0.25) is 14.5 Å². The van der Waals surface area contributed by atoms with Gasteiger partial charge in [-0.05, 0) is 33.3 Å². The molecule has 0 fully saturated rings. The van der Waals surface area contributed by atoms with Gasteiger partial charge in [0.2, 0.25) is 5.43 Å². The third-order valence-corrected chi connectivity index (χ3v) is 3.01. The Bertz CT molecular complexity index is 633. The van der Waals surface area contributed by atoms with Crippen molar-refractivity contribution in [1.29, 1.82) is 0 Å². The van der Waals surface area contributed by atoms with Gasteiger partial charge in [0.15, 0.2) is 0 Å². The van der Waals surface area contributed by atoms with Crippen LogP contribution in [0.25, 0.3) is 10.9 Å². The molecule has 0 saturated heterocycles. The SMILES string of the molecule is Cc1nc(C)c2c(c1C)c(=O)c(C)nn2C. The minimum atomic E-state index is 0.0131. The minimum Gasteiger partial charge on any atom is -0.287 e. The third-order valence-electron chi connectivity index (χ3n) is 3.01. The summed E-state index contributed by atoms with van der Waals surface area (Å²) in [6, 6.07) is 0. The Morgan fingerprint density at radius 3 is 2.25 bits per heavy atom. The lowest BCUT2D eigenvalue weighted by atomic mass is 10.1. The summed E-state index contributed by atoms with van der Waals surface area (Å²) in [5.41, 5.74) is 4.09. The number of nitrogens with zero attached hydrogens (tertiary/aromatic N) is 3. The molecular weight excluding hydrogens is 202 g/mol. The van der Waals surface area contributed by atoms with E-state index in [0.29, 0.717) is 5.69 Å². The zero-order valence-corrected chi connectivity index (χ0v) is 10.2. The van der Waals surface area contributed by atoms with Crippen molar-refractivity contribution in [2.45, 2.75) is 27.7 Å². The molecular formula is C12H15N3O. The highest BCUT2D eigenvalue weighted by Gasteiger charge is 2.13. The fourth-order valence-electron chi connectivity index (χ4n) is 2.10. The molecule has 0 saturated carbocycles. The number of hydrogen-bond donors (Lipinski definition) is 0. The third kappa shape index (κ3) is 1.33. The van der Waals surface area contributed by atoms with Crippen LogP contribution in [-0.2, 0) is 7.05 Å². The van der Waals surface area contributed by atoms with Gasteiger partial charge in [0.05, 0.1) is 16.6 Å². The maximum Gasteiger partial charge on any atom is 0.211 e. The quantitative estimate of drug-likeness (QED) is 0.673. The molecule has 84 valence electrons. The van der Waals surface area contributed by atoms with E-state index in [1.807, 2.05) is 27.8 Å². The van der Waals surface area contributed by atoms with Crippen molar-refractivity contribution in [3.63, 3.8) is 0 Å². The molecule has 4 nitrogen and oxygen atoms in total. The van der Waals surface area contributed by atoms with Crippen LogP contribution in [0, 0.1) is 27.7 Å². The second-order valence-electron chi connectivity index (χ2n) is 4.17. The van der Waals surface area contributed by atoms with Crippen molar-refractivity contribution in [2.75, 3.05) is 0 Å². The molecule has 4 heteroatoms. The summed E-state index contributed by atoms with van der Waals surface area (Å²) in [5, 5.41) is 4.95. The highest BCUT2D eigenvalue weighted by atomic mass is 16.1. The standard InChI is InChI=1S/C12H15N3O/c1-6-7(2)13-8(3)11-10(6)12(16)9(4)14-15(11)5/h1-5H3. The average molecular weight is 217 g/mol. The zero-order valence-electron chi connectivity index (χ0n) is 10.2. The maximum absolute atomic E-state index is 12.1. The molecule has 0 aliphatic rings. The van der Waals surface area contributed by atoms with Crippen LogP contribution in [0.4, 0.5) is 0 Å². The molecule has 0 N–H and O–H groups in total. The van der Waals surface area contributed by atoms with E-state index in [4.69, 9.17) is 0 Å². The molecule has 2 aromatic heterocycles. The topological polar surface area (TPSA) is 47.8 Å². The fraction of sp³-hybridized carbons (Fsp3) is 0.417. The van der Waals surface area contributed by atoms with Crippen molar-refractivity contribution in [3.05, 3.63) is 32.9 Å². The zero-order chi connectivity index (χ0) is 12.0. The van der Waals surface area contributed by atoms with Crippen LogP contribution in [0.15, 0.2) is 4.79 Å². The molecule has 0 aliphatic heterocycles. The number of aromatic nitrogens is 3. The summed E-state index contributed by atoms with van der Waals surface area (Å²) in [6.45, 7) is 7.51. The Kier molecular flexibility index (Phi) is 2.30. The minimum absolute atomic E-state index is 0.0131. The van der Waals surface area contributed by atoms with Crippen molar-refractivity contribution in [3.8, 4) is 0 Å². The largest absolute Gasteiger partial charge is 0.287 e. The van der Waals surface area contributed by atoms with Crippen LogP contribution in [0.5, 0.6) is 0 Å². The molecule has 0 atom stereocenters. The molecule has 2 rings (SSSR count). The summed E-state index contributed by atoms with van der Waals surface area (Å²) in [4.78, 5) is 16.5. The normalized spacial score (nSPS) is 11.1. The molecule has 0 radical (unpaired) electrons. The molecule has 0 amide bonds. The van der Waals surface area contributed by atoms with Gasteiger partial charge in [0, 0.05) is 12.7 Å². The number of pyridine rings is 1.